The first-order valence-corrected chi connectivity index (χ1v) is 6.28. The summed E-state index contributed by atoms with van der Waals surface area (Å²) in [4.78, 5) is 4.38. The van der Waals surface area contributed by atoms with Crippen LogP contribution in [0.4, 0.5) is 17.1 Å². The van der Waals surface area contributed by atoms with Gasteiger partial charge >= 0.3 is 0 Å². The summed E-state index contributed by atoms with van der Waals surface area (Å²) in [6, 6.07) is 15.2. The lowest BCUT2D eigenvalue weighted by atomic mass is 10.1. The predicted molar refractivity (Wildman–Crippen MR) is 80.9 cm³/mol. The number of pyridine rings is 1. The molecule has 3 nitrogen and oxygen atoms in total. The van der Waals surface area contributed by atoms with Crippen LogP contribution in [0, 0.1) is 0 Å². The van der Waals surface area contributed by atoms with Crippen molar-refractivity contribution in [2.24, 2.45) is 0 Å². The third-order valence-corrected chi connectivity index (χ3v) is 3.28. The average Bonchev–Trinajstić information content (AvgIpc) is 2.44. The van der Waals surface area contributed by atoms with E-state index in [0.717, 1.165) is 22.3 Å². The average molecular weight is 270 g/mol. The maximum atomic E-state index is 6.17. The number of nitrogens with two attached hydrogens (primary N) is 1. The number of nitrogen functional groups attached to an aromatic ring is 1. The quantitative estimate of drug-likeness (QED) is 0.685. The molecule has 4 heteroatoms. The molecule has 0 bridgehead atoms. The summed E-state index contributed by atoms with van der Waals surface area (Å²) in [6.45, 7) is 0. The fourth-order valence-corrected chi connectivity index (χ4v) is 2.21. The van der Waals surface area contributed by atoms with Crippen LogP contribution in [0.15, 0.2) is 54.7 Å². The standard InChI is InChI=1S/C15H12ClN3/c16-11-7-8-14(15-10(11)4-3-9-18-15)19-13-6-2-1-5-12(13)17/h1-9,19H,17H2. The summed E-state index contributed by atoms with van der Waals surface area (Å²) in [5, 5.41) is 4.91. The number of aromatic nitrogens is 1. The number of hydrogen-bond acceptors (Lipinski definition) is 3. The monoisotopic (exact) mass is 269 g/mol. The third kappa shape index (κ3) is 2.20. The predicted octanol–water partition coefficient (Wildman–Crippen LogP) is 4.21. The molecule has 1 heterocycles. The van der Waals surface area contributed by atoms with Crippen LogP contribution < -0.4 is 11.1 Å². The Morgan fingerprint density at radius 2 is 1.79 bits per heavy atom. The SMILES string of the molecule is Nc1ccccc1Nc1ccc(Cl)c2cccnc12. The molecular weight excluding hydrogens is 258 g/mol. The van der Waals surface area contributed by atoms with Gasteiger partial charge in [-0.3, -0.25) is 4.98 Å². The molecule has 0 saturated carbocycles. The minimum Gasteiger partial charge on any atom is -0.397 e. The molecule has 0 amide bonds. The highest BCUT2D eigenvalue weighted by Gasteiger charge is 2.06. The van der Waals surface area contributed by atoms with Gasteiger partial charge in [-0.1, -0.05) is 23.7 Å². The van der Waals surface area contributed by atoms with Gasteiger partial charge in [-0.25, -0.2) is 0 Å². The van der Waals surface area contributed by atoms with E-state index in [0.29, 0.717) is 10.7 Å². The Morgan fingerprint density at radius 3 is 2.63 bits per heavy atom. The minimum absolute atomic E-state index is 0.690. The number of nitrogens with zero attached hydrogens (tertiary/aromatic N) is 1. The van der Waals surface area contributed by atoms with Gasteiger partial charge < -0.3 is 11.1 Å². The van der Waals surface area contributed by atoms with E-state index in [9.17, 15) is 0 Å². The van der Waals surface area contributed by atoms with Crippen molar-refractivity contribution in [3.05, 3.63) is 59.8 Å². The molecule has 3 aromatic rings. The number of anilines is 3. The lowest BCUT2D eigenvalue weighted by Gasteiger charge is -2.11. The van der Waals surface area contributed by atoms with Crippen molar-refractivity contribution in [3.8, 4) is 0 Å². The van der Waals surface area contributed by atoms with Gasteiger partial charge in [0.15, 0.2) is 0 Å². The van der Waals surface area contributed by atoms with Crippen molar-refractivity contribution in [1.29, 1.82) is 0 Å². The molecule has 0 saturated heterocycles. The van der Waals surface area contributed by atoms with Crippen LogP contribution in [0.5, 0.6) is 0 Å². The molecule has 0 aliphatic carbocycles. The van der Waals surface area contributed by atoms with E-state index >= 15 is 0 Å². The summed E-state index contributed by atoms with van der Waals surface area (Å²) >= 11 is 6.17. The number of nitrogens with one attached hydrogen (secondary N) is 1. The number of benzene rings is 2. The van der Waals surface area contributed by atoms with Crippen molar-refractivity contribution >= 4 is 39.6 Å². The van der Waals surface area contributed by atoms with Crippen molar-refractivity contribution < 1.29 is 0 Å². The second-order valence-corrected chi connectivity index (χ2v) is 4.61. The Bertz CT molecular complexity index is 740. The van der Waals surface area contributed by atoms with Crippen LogP contribution in [-0.2, 0) is 0 Å². The summed E-state index contributed by atoms with van der Waals surface area (Å²) in [5.74, 6) is 0. The van der Waals surface area contributed by atoms with Gasteiger partial charge in [0.05, 0.1) is 27.6 Å². The van der Waals surface area contributed by atoms with Crippen LogP contribution in [0.3, 0.4) is 0 Å². The number of fused-ring (bicyclic) bond motifs is 1. The topological polar surface area (TPSA) is 50.9 Å². The molecule has 3 rings (SSSR count). The fourth-order valence-electron chi connectivity index (χ4n) is 1.99. The van der Waals surface area contributed by atoms with Gasteiger partial charge in [0.25, 0.3) is 0 Å². The van der Waals surface area contributed by atoms with E-state index in [1.165, 1.54) is 0 Å². The first kappa shape index (κ1) is 11.8. The largest absolute Gasteiger partial charge is 0.397 e. The van der Waals surface area contributed by atoms with Gasteiger partial charge in [0, 0.05) is 11.6 Å². The van der Waals surface area contributed by atoms with Crippen molar-refractivity contribution in [3.63, 3.8) is 0 Å². The molecule has 0 radical (unpaired) electrons. The Balaban J connectivity index is 2.12. The maximum Gasteiger partial charge on any atom is 0.0951 e. The number of hydrogen-bond donors (Lipinski definition) is 2. The zero-order chi connectivity index (χ0) is 13.2. The molecule has 1 aromatic heterocycles. The van der Waals surface area contributed by atoms with E-state index in [1.807, 2.05) is 48.5 Å². The van der Waals surface area contributed by atoms with Gasteiger partial charge in [-0.2, -0.15) is 0 Å². The number of rotatable bonds is 2. The van der Waals surface area contributed by atoms with Gasteiger partial charge in [0.1, 0.15) is 0 Å². The van der Waals surface area contributed by atoms with Crippen LogP contribution in [0.1, 0.15) is 0 Å². The summed E-state index contributed by atoms with van der Waals surface area (Å²) < 4.78 is 0. The smallest absolute Gasteiger partial charge is 0.0951 e. The molecule has 0 aliphatic heterocycles. The summed E-state index contributed by atoms with van der Waals surface area (Å²) in [5.41, 5.74) is 9.21. The molecule has 0 fully saturated rings. The normalized spacial score (nSPS) is 10.6. The highest BCUT2D eigenvalue weighted by atomic mass is 35.5. The van der Waals surface area contributed by atoms with Gasteiger partial charge in [-0.15, -0.1) is 0 Å². The van der Waals surface area contributed by atoms with E-state index in [-0.39, 0.29) is 0 Å². The first-order chi connectivity index (χ1) is 9.25. The lowest BCUT2D eigenvalue weighted by molar-refractivity contribution is 1.40. The second-order valence-electron chi connectivity index (χ2n) is 4.21. The lowest BCUT2D eigenvalue weighted by Crippen LogP contribution is -1.97. The summed E-state index contributed by atoms with van der Waals surface area (Å²) in [6.07, 6.45) is 1.75. The zero-order valence-corrected chi connectivity index (χ0v) is 10.9. The van der Waals surface area contributed by atoms with E-state index < -0.39 is 0 Å². The van der Waals surface area contributed by atoms with E-state index in [4.69, 9.17) is 17.3 Å². The number of halogens is 1. The van der Waals surface area contributed by atoms with Crippen LogP contribution in [0.2, 0.25) is 5.02 Å². The third-order valence-electron chi connectivity index (χ3n) is 2.95. The van der Waals surface area contributed by atoms with E-state index in [2.05, 4.69) is 10.3 Å². The van der Waals surface area contributed by atoms with Gasteiger partial charge in [0.2, 0.25) is 0 Å². The zero-order valence-electron chi connectivity index (χ0n) is 10.1. The molecule has 3 N–H and O–H groups in total. The molecule has 94 valence electrons. The molecule has 0 unspecified atom stereocenters. The Hall–Kier alpha value is -2.26. The van der Waals surface area contributed by atoms with Crippen LogP contribution >= 0.6 is 11.6 Å². The summed E-state index contributed by atoms with van der Waals surface area (Å²) in [7, 11) is 0. The first-order valence-electron chi connectivity index (χ1n) is 5.90. The maximum absolute atomic E-state index is 6.17. The number of para-hydroxylation sites is 2. The van der Waals surface area contributed by atoms with E-state index in [1.54, 1.807) is 6.20 Å². The fraction of sp³-hybridized carbons (Fsp3) is 0. The Morgan fingerprint density at radius 1 is 0.947 bits per heavy atom. The van der Waals surface area contributed by atoms with Crippen LogP contribution in [0.25, 0.3) is 10.9 Å². The second kappa shape index (κ2) is 4.78. The minimum atomic E-state index is 0.690. The molecule has 2 aromatic carbocycles. The van der Waals surface area contributed by atoms with Crippen molar-refractivity contribution in [2.75, 3.05) is 11.1 Å². The molecule has 19 heavy (non-hydrogen) atoms. The molecule has 0 atom stereocenters. The molecule has 0 aliphatic rings. The van der Waals surface area contributed by atoms with Crippen molar-refractivity contribution in [1.82, 2.24) is 4.98 Å². The highest BCUT2D eigenvalue weighted by molar-refractivity contribution is 6.35. The van der Waals surface area contributed by atoms with Gasteiger partial charge in [-0.05, 0) is 36.4 Å². The Kier molecular flexibility index (Phi) is 2.97. The molecular formula is C15H12ClN3. The molecule has 0 spiro atoms. The Labute approximate surface area is 116 Å². The van der Waals surface area contributed by atoms with Crippen molar-refractivity contribution in [2.45, 2.75) is 0 Å². The van der Waals surface area contributed by atoms with Crippen LogP contribution in [-0.4, -0.2) is 4.98 Å². The highest BCUT2D eigenvalue weighted by Crippen LogP contribution is 2.31.